The lowest BCUT2D eigenvalue weighted by molar-refractivity contribution is -0.138. The highest BCUT2D eigenvalue weighted by Gasteiger charge is 2.32. The van der Waals surface area contributed by atoms with E-state index < -0.39 is 120 Å². The number of fused-ring (bicyclic) bond motifs is 1. The molecule has 0 bridgehead atoms. The van der Waals surface area contributed by atoms with Crippen LogP contribution in [-0.2, 0) is 42.6 Å². The molecule has 6 nitrogen and oxygen atoms in total. The smallest absolute Gasteiger partial charge is 0.336 e. The van der Waals surface area contributed by atoms with Crippen LogP contribution in [0.1, 0.15) is 71.6 Å². The molecule has 0 atom stereocenters. The van der Waals surface area contributed by atoms with Crippen molar-refractivity contribution in [3.05, 3.63) is 116 Å². The fourth-order valence-electron chi connectivity index (χ4n) is 4.96. The van der Waals surface area contributed by atoms with Crippen LogP contribution >= 0.6 is 11.8 Å². The number of benzene rings is 3. The van der Waals surface area contributed by atoms with Gasteiger partial charge in [-0.05, 0) is 85.3 Å². The average Bonchev–Trinajstić information content (AvgIpc) is 3.66. The fraction of sp³-hybridized carbons (Fsp3) is 0.378. The van der Waals surface area contributed by atoms with Crippen molar-refractivity contribution in [3.63, 3.8) is 0 Å². The van der Waals surface area contributed by atoms with Gasteiger partial charge in [0.2, 0.25) is 5.91 Å². The van der Waals surface area contributed by atoms with E-state index in [0.29, 0.717) is 17.7 Å². The minimum absolute atomic E-state index is 0.0669. The summed E-state index contributed by atoms with van der Waals surface area (Å²) in [6.07, 6.45) is -4.22. The van der Waals surface area contributed by atoms with Crippen molar-refractivity contribution >= 4 is 17.7 Å². The van der Waals surface area contributed by atoms with E-state index in [2.05, 4.69) is 4.98 Å². The first kappa shape index (κ1) is 21.9. The molecule has 11 heteroatoms. The van der Waals surface area contributed by atoms with Gasteiger partial charge in [0.15, 0.2) is 5.16 Å². The lowest BCUT2D eigenvalue weighted by Crippen LogP contribution is -2.40. The second kappa shape index (κ2) is 15.5. The maximum Gasteiger partial charge on any atom is 0.416 e. The molecule has 0 saturated heterocycles. The van der Waals surface area contributed by atoms with Crippen LogP contribution in [0.4, 0.5) is 17.6 Å². The number of hydrogen-bond acceptors (Lipinski definition) is 5. The number of nitrogens with zero attached hydrogens (tertiary/aromatic N) is 4. The molecule has 0 saturated carbocycles. The van der Waals surface area contributed by atoms with E-state index in [9.17, 15) is 32.6 Å². The number of aromatic nitrogens is 2. The number of carbonyl (C=O) groups excluding carboxylic acids is 1. The van der Waals surface area contributed by atoms with Crippen molar-refractivity contribution in [1.29, 1.82) is 0 Å². The Balaban J connectivity index is 1.75. The summed E-state index contributed by atoms with van der Waals surface area (Å²) in [7, 11) is 0. The lowest BCUT2D eigenvalue weighted by atomic mass is 9.98. The van der Waals surface area contributed by atoms with Crippen LogP contribution in [0, 0.1) is 12.7 Å². The van der Waals surface area contributed by atoms with E-state index in [-0.39, 0.29) is 47.3 Å². The highest BCUT2D eigenvalue weighted by molar-refractivity contribution is 7.98. The highest BCUT2D eigenvalue weighted by Crippen LogP contribution is 2.34. The van der Waals surface area contributed by atoms with E-state index in [1.54, 1.807) is 0 Å². The first-order chi connectivity index (χ1) is 28.2. The maximum absolute atomic E-state index is 14.8. The van der Waals surface area contributed by atoms with E-state index >= 15 is 0 Å². The highest BCUT2D eigenvalue weighted by atomic mass is 32.2. The van der Waals surface area contributed by atoms with Crippen LogP contribution in [0.3, 0.4) is 0 Å². The predicted octanol–water partition coefficient (Wildman–Crippen LogP) is 7.53. The molecule has 0 aliphatic heterocycles. The van der Waals surface area contributed by atoms with Gasteiger partial charge in [-0.1, -0.05) is 74.0 Å². The van der Waals surface area contributed by atoms with Crippen LogP contribution in [0.25, 0.3) is 11.1 Å². The Morgan fingerprint density at radius 2 is 1.69 bits per heavy atom. The Kier molecular flexibility index (Phi) is 7.07. The summed E-state index contributed by atoms with van der Waals surface area (Å²) in [5.74, 6) is -1.89. The third-order valence-corrected chi connectivity index (χ3v) is 8.54. The Morgan fingerprint density at radius 1 is 1.00 bits per heavy atom. The normalized spacial score (nSPS) is 17.6. The molecule has 254 valence electrons. The van der Waals surface area contributed by atoms with Crippen molar-refractivity contribution in [3.8, 4) is 11.1 Å². The molecule has 0 radical (unpaired) electrons. The Morgan fingerprint density at radius 3 is 2.35 bits per heavy atom. The van der Waals surface area contributed by atoms with E-state index in [0.717, 1.165) is 23.6 Å². The Hall–Kier alpha value is -3.96. The van der Waals surface area contributed by atoms with Crippen molar-refractivity contribution in [1.82, 2.24) is 19.4 Å². The van der Waals surface area contributed by atoms with Crippen molar-refractivity contribution in [2.75, 3.05) is 26.1 Å². The summed E-state index contributed by atoms with van der Waals surface area (Å²) in [6, 6.07) is -3.39. The molecular formula is C37H40F4N4O2S. The summed E-state index contributed by atoms with van der Waals surface area (Å²) in [6.45, 7) is -8.20. The molecule has 0 unspecified atom stereocenters. The molecule has 1 amide bonds. The fourth-order valence-corrected chi connectivity index (χ4v) is 5.93. The number of halogens is 4. The van der Waals surface area contributed by atoms with Gasteiger partial charge in [-0.25, -0.2) is 4.39 Å². The molecule has 0 N–H and O–H groups in total. The van der Waals surface area contributed by atoms with E-state index in [1.165, 1.54) is 42.7 Å². The largest absolute Gasteiger partial charge is 0.416 e. The first-order valence-corrected chi connectivity index (χ1v) is 16.0. The number of carbonyl (C=O) groups is 1. The Labute approximate surface area is 301 Å². The second-order valence-corrected chi connectivity index (χ2v) is 11.7. The van der Waals surface area contributed by atoms with E-state index in [4.69, 9.17) is 12.3 Å². The maximum atomic E-state index is 14.8. The van der Waals surface area contributed by atoms with Gasteiger partial charge < -0.3 is 14.4 Å². The summed E-state index contributed by atoms with van der Waals surface area (Å²) in [5, 5.41) is -0.0669. The number of alkyl halides is 3. The molecule has 4 aromatic rings. The van der Waals surface area contributed by atoms with Gasteiger partial charge in [0.1, 0.15) is 12.4 Å². The minimum Gasteiger partial charge on any atom is -0.336 e. The molecule has 1 aliphatic rings. The Bertz CT molecular complexity index is 2390. The SMILES string of the molecule is [2H]c1c([2H])c(C([2H])([2H])N(C(=O)Cn2c(SCc3ccc(F)cc3)nc(=O)c3c2CCC3)C([2H])([2H])C([2H])([2H])N(CC)CC)c([2H])c([2H])c1-c1c([2H])c([2H])c(C(F)(F)F)c(C)c1[2H]. The molecular weight excluding hydrogens is 640 g/mol. The predicted molar refractivity (Wildman–Crippen MR) is 181 cm³/mol. The average molecular weight is 694 g/mol. The van der Waals surface area contributed by atoms with Crippen LogP contribution in [0.15, 0.2) is 76.5 Å². The molecule has 1 aliphatic carbocycles. The topological polar surface area (TPSA) is 58.4 Å². The standard InChI is InChI=1S/C37H40F4N4O2S/c1-4-43(5-2)19-20-44(22-26-9-13-28(14-10-26)29-15-18-32(25(3)21-29)37(39,40)41)34(46)23-45-33-8-6-7-31(33)35(47)42-36(45)48-24-27-11-16-30(38)17-12-27/h9-18,21H,4-8,19-20,22-24H2,1-3H3/i9D,10D,13D,14D,15D,18D,19D2,20D2,21D,22D2. The van der Waals surface area contributed by atoms with Gasteiger partial charge in [-0.15, -0.1) is 0 Å². The molecule has 1 heterocycles. The monoisotopic (exact) mass is 693 g/mol. The number of likely N-dealkylation sites (N-methyl/N-ethyl adjacent to an activating group) is 1. The number of rotatable bonds is 13. The van der Waals surface area contributed by atoms with Crippen LogP contribution in [-0.4, -0.2) is 51.3 Å². The molecule has 0 spiro atoms. The van der Waals surface area contributed by atoms with Gasteiger partial charge in [0, 0.05) is 39.2 Å². The molecule has 5 rings (SSSR count). The number of hydrogen-bond donors (Lipinski definition) is 0. The zero-order valence-electron chi connectivity index (χ0n) is 39.3. The van der Waals surface area contributed by atoms with Gasteiger partial charge in [-0.3, -0.25) is 9.59 Å². The summed E-state index contributed by atoms with van der Waals surface area (Å²) < 4.78 is 172. The lowest BCUT2D eigenvalue weighted by Gasteiger charge is -2.28. The van der Waals surface area contributed by atoms with Crippen molar-refractivity contribution < 1.29 is 40.2 Å². The van der Waals surface area contributed by atoms with Gasteiger partial charge in [-0.2, -0.15) is 18.2 Å². The van der Waals surface area contributed by atoms with Gasteiger partial charge >= 0.3 is 6.18 Å². The van der Waals surface area contributed by atoms with Crippen LogP contribution in [0.2, 0.25) is 0 Å². The van der Waals surface area contributed by atoms with Crippen molar-refractivity contribution in [2.45, 2.75) is 70.2 Å². The third kappa shape index (κ3) is 8.54. The van der Waals surface area contributed by atoms with Crippen molar-refractivity contribution in [2.24, 2.45) is 0 Å². The van der Waals surface area contributed by atoms with E-state index in [1.807, 2.05) is 0 Å². The third-order valence-electron chi connectivity index (χ3n) is 7.49. The molecule has 0 fully saturated rings. The van der Waals surface area contributed by atoms with Gasteiger partial charge in [0.05, 0.1) is 20.6 Å². The number of thioether (sulfide) groups is 1. The first-order valence-electron chi connectivity index (χ1n) is 21.5. The van der Waals surface area contributed by atoms with Gasteiger partial charge in [0.25, 0.3) is 5.56 Å². The van der Waals surface area contributed by atoms with Crippen LogP contribution < -0.4 is 5.56 Å². The second-order valence-electron chi connectivity index (χ2n) is 10.7. The molecule has 3 aromatic carbocycles. The molecule has 48 heavy (non-hydrogen) atoms. The van der Waals surface area contributed by atoms with Crippen LogP contribution in [0.5, 0.6) is 0 Å². The summed E-state index contributed by atoms with van der Waals surface area (Å²) in [4.78, 5) is 32.9. The molecule has 1 aromatic heterocycles. The zero-order valence-corrected chi connectivity index (χ0v) is 27.1. The summed E-state index contributed by atoms with van der Waals surface area (Å²) >= 11 is 0.956. The minimum atomic E-state index is -5.18. The summed E-state index contributed by atoms with van der Waals surface area (Å²) in [5.41, 5.74) is -5.08. The number of amides is 1. The quantitative estimate of drug-likeness (QED) is 0.0824. The zero-order chi connectivity index (χ0) is 45.9.